The Morgan fingerprint density at radius 1 is 0.885 bits per heavy atom. The van der Waals surface area contributed by atoms with Crippen LogP contribution in [0.15, 0.2) is 24.3 Å². The number of hydrogen-bond acceptors (Lipinski definition) is 3. The molecule has 1 heterocycles. The molecule has 7 heteroatoms. The lowest BCUT2D eigenvalue weighted by molar-refractivity contribution is -0.126. The number of halogens is 1. The second kappa shape index (κ2) is 8.29. The monoisotopic (exact) mass is 361 g/mol. The van der Waals surface area contributed by atoms with Crippen LogP contribution in [0.4, 0.5) is 4.39 Å². The third-order valence-electron chi connectivity index (χ3n) is 4.92. The van der Waals surface area contributed by atoms with Crippen LogP contribution in [0.3, 0.4) is 0 Å². The molecule has 1 saturated heterocycles. The van der Waals surface area contributed by atoms with Gasteiger partial charge < -0.3 is 15.5 Å². The number of carbonyl (C=O) groups is 3. The zero-order chi connectivity index (χ0) is 18.5. The summed E-state index contributed by atoms with van der Waals surface area (Å²) in [5.41, 5.74) is 0.459. The lowest BCUT2D eigenvalue weighted by Crippen LogP contribution is -2.44. The van der Waals surface area contributed by atoms with Gasteiger partial charge in [0.25, 0.3) is 5.91 Å². The molecule has 26 heavy (non-hydrogen) atoms. The Kier molecular flexibility index (Phi) is 5.85. The summed E-state index contributed by atoms with van der Waals surface area (Å²) in [5, 5.41) is 5.66. The van der Waals surface area contributed by atoms with E-state index in [1.807, 2.05) is 0 Å². The first-order valence-electron chi connectivity index (χ1n) is 9.15. The minimum atomic E-state index is -0.370. The molecule has 0 radical (unpaired) electrons. The normalized spacial score (nSPS) is 17.7. The van der Waals surface area contributed by atoms with E-state index in [4.69, 9.17) is 0 Å². The van der Waals surface area contributed by atoms with E-state index in [0.29, 0.717) is 44.6 Å². The maximum atomic E-state index is 13.0. The molecule has 2 aliphatic rings. The Morgan fingerprint density at radius 3 is 1.88 bits per heavy atom. The van der Waals surface area contributed by atoms with Crippen LogP contribution >= 0.6 is 0 Å². The van der Waals surface area contributed by atoms with Gasteiger partial charge in [-0.05, 0) is 49.9 Å². The lowest BCUT2D eigenvalue weighted by atomic mass is 9.95. The van der Waals surface area contributed by atoms with Crippen LogP contribution in [-0.2, 0) is 9.59 Å². The molecule has 1 aromatic carbocycles. The quantitative estimate of drug-likeness (QED) is 0.750. The van der Waals surface area contributed by atoms with Crippen LogP contribution in [0.25, 0.3) is 0 Å². The standard InChI is InChI=1S/C19H24FN3O3/c20-16-5-3-15(4-6-16)19(26)23-11-7-14(8-12-23)18(25)22-10-9-21-17(24)13-1-2-13/h3-6,13-14H,1-2,7-12H2,(H,21,24)(H,22,25). The molecule has 2 fully saturated rings. The molecule has 0 atom stereocenters. The van der Waals surface area contributed by atoms with E-state index in [1.165, 1.54) is 24.3 Å². The van der Waals surface area contributed by atoms with Crippen molar-refractivity contribution in [3.63, 3.8) is 0 Å². The molecular formula is C19H24FN3O3. The number of likely N-dealkylation sites (tertiary alicyclic amines) is 1. The Labute approximate surface area is 152 Å². The van der Waals surface area contributed by atoms with Crippen LogP contribution in [0.5, 0.6) is 0 Å². The number of amides is 3. The second-order valence-electron chi connectivity index (χ2n) is 6.93. The van der Waals surface area contributed by atoms with Crippen LogP contribution in [0.2, 0.25) is 0 Å². The first kappa shape index (κ1) is 18.4. The van der Waals surface area contributed by atoms with Crippen molar-refractivity contribution in [2.75, 3.05) is 26.2 Å². The van der Waals surface area contributed by atoms with Crippen molar-refractivity contribution in [1.82, 2.24) is 15.5 Å². The van der Waals surface area contributed by atoms with Crippen molar-refractivity contribution in [2.24, 2.45) is 11.8 Å². The maximum absolute atomic E-state index is 13.0. The van der Waals surface area contributed by atoms with Crippen LogP contribution in [-0.4, -0.2) is 48.8 Å². The fraction of sp³-hybridized carbons (Fsp3) is 0.526. The summed E-state index contributed by atoms with van der Waals surface area (Å²) in [4.78, 5) is 37.8. The third kappa shape index (κ3) is 4.80. The van der Waals surface area contributed by atoms with Crippen molar-refractivity contribution < 1.29 is 18.8 Å². The van der Waals surface area contributed by atoms with E-state index in [1.54, 1.807) is 4.90 Å². The highest BCUT2D eigenvalue weighted by Gasteiger charge is 2.29. The van der Waals surface area contributed by atoms with Crippen LogP contribution < -0.4 is 10.6 Å². The fourth-order valence-electron chi connectivity index (χ4n) is 3.13. The average molecular weight is 361 g/mol. The van der Waals surface area contributed by atoms with Crippen LogP contribution in [0.1, 0.15) is 36.0 Å². The Balaban J connectivity index is 1.37. The predicted molar refractivity (Wildman–Crippen MR) is 93.8 cm³/mol. The lowest BCUT2D eigenvalue weighted by Gasteiger charge is -2.31. The molecule has 2 N–H and O–H groups in total. The Hall–Kier alpha value is -2.44. The Morgan fingerprint density at radius 2 is 1.38 bits per heavy atom. The molecule has 1 aliphatic carbocycles. The summed E-state index contributed by atoms with van der Waals surface area (Å²) < 4.78 is 13.0. The molecule has 3 amide bonds. The van der Waals surface area contributed by atoms with Gasteiger partial charge in [-0.3, -0.25) is 14.4 Å². The highest BCUT2D eigenvalue weighted by molar-refractivity contribution is 5.94. The topological polar surface area (TPSA) is 78.5 Å². The van der Waals surface area contributed by atoms with E-state index in [2.05, 4.69) is 10.6 Å². The molecule has 6 nitrogen and oxygen atoms in total. The SMILES string of the molecule is O=C(NCCNC(=O)C1CCN(C(=O)c2ccc(F)cc2)CC1)C1CC1. The third-order valence-corrected chi connectivity index (χ3v) is 4.92. The summed E-state index contributed by atoms with van der Waals surface area (Å²) in [6.07, 6.45) is 3.14. The second-order valence-corrected chi connectivity index (χ2v) is 6.93. The van der Waals surface area contributed by atoms with Crippen molar-refractivity contribution in [3.8, 4) is 0 Å². The number of rotatable bonds is 6. The van der Waals surface area contributed by atoms with Gasteiger partial charge in [0.05, 0.1) is 0 Å². The molecule has 3 rings (SSSR count). The predicted octanol–water partition coefficient (Wildman–Crippen LogP) is 1.32. The van der Waals surface area contributed by atoms with Crippen molar-refractivity contribution in [1.29, 1.82) is 0 Å². The molecule has 1 aromatic rings. The zero-order valence-corrected chi connectivity index (χ0v) is 14.7. The van der Waals surface area contributed by atoms with Gasteiger partial charge in [0, 0.05) is 43.6 Å². The minimum absolute atomic E-state index is 0.0282. The van der Waals surface area contributed by atoms with Gasteiger partial charge in [-0.1, -0.05) is 0 Å². The van der Waals surface area contributed by atoms with Crippen molar-refractivity contribution in [3.05, 3.63) is 35.6 Å². The number of carbonyl (C=O) groups excluding carboxylic acids is 3. The molecule has 1 aliphatic heterocycles. The molecule has 0 unspecified atom stereocenters. The number of piperidine rings is 1. The number of nitrogens with one attached hydrogen (secondary N) is 2. The van der Waals surface area contributed by atoms with Crippen molar-refractivity contribution >= 4 is 17.7 Å². The number of hydrogen-bond donors (Lipinski definition) is 2. The molecule has 1 saturated carbocycles. The summed E-state index contributed by atoms with van der Waals surface area (Å²) in [5.74, 6) is -0.400. The van der Waals surface area contributed by atoms with E-state index < -0.39 is 0 Å². The summed E-state index contributed by atoms with van der Waals surface area (Å²) in [6.45, 7) is 1.88. The number of nitrogens with zero attached hydrogens (tertiary/aromatic N) is 1. The maximum Gasteiger partial charge on any atom is 0.253 e. The van der Waals surface area contributed by atoms with E-state index in [-0.39, 0.29) is 35.4 Å². The average Bonchev–Trinajstić information content (AvgIpc) is 3.50. The van der Waals surface area contributed by atoms with Gasteiger partial charge in [-0.15, -0.1) is 0 Å². The van der Waals surface area contributed by atoms with E-state index in [9.17, 15) is 18.8 Å². The summed E-state index contributed by atoms with van der Waals surface area (Å²) >= 11 is 0. The highest BCUT2D eigenvalue weighted by Crippen LogP contribution is 2.28. The van der Waals surface area contributed by atoms with Crippen molar-refractivity contribution in [2.45, 2.75) is 25.7 Å². The Bertz CT molecular complexity index is 665. The van der Waals surface area contributed by atoms with Gasteiger partial charge in [-0.2, -0.15) is 0 Å². The van der Waals surface area contributed by atoms with Crippen LogP contribution in [0, 0.1) is 17.7 Å². The highest BCUT2D eigenvalue weighted by atomic mass is 19.1. The smallest absolute Gasteiger partial charge is 0.253 e. The van der Waals surface area contributed by atoms with Gasteiger partial charge >= 0.3 is 0 Å². The fourth-order valence-corrected chi connectivity index (χ4v) is 3.13. The first-order chi connectivity index (χ1) is 12.5. The van der Waals surface area contributed by atoms with Gasteiger partial charge in [0.15, 0.2) is 0 Å². The zero-order valence-electron chi connectivity index (χ0n) is 14.7. The molecule has 140 valence electrons. The molecular weight excluding hydrogens is 337 g/mol. The first-order valence-corrected chi connectivity index (χ1v) is 9.15. The minimum Gasteiger partial charge on any atom is -0.354 e. The van der Waals surface area contributed by atoms with Gasteiger partial charge in [-0.25, -0.2) is 4.39 Å². The van der Waals surface area contributed by atoms with Gasteiger partial charge in [0.2, 0.25) is 11.8 Å². The largest absolute Gasteiger partial charge is 0.354 e. The van der Waals surface area contributed by atoms with E-state index >= 15 is 0 Å². The molecule has 0 spiro atoms. The van der Waals surface area contributed by atoms with Gasteiger partial charge in [0.1, 0.15) is 5.82 Å². The molecule has 0 bridgehead atoms. The summed E-state index contributed by atoms with van der Waals surface area (Å²) in [6, 6.07) is 5.50. The van der Waals surface area contributed by atoms with E-state index in [0.717, 1.165) is 12.8 Å². The summed E-state index contributed by atoms with van der Waals surface area (Å²) in [7, 11) is 0. The number of benzene rings is 1. The molecule has 0 aromatic heterocycles.